The Hall–Kier alpha value is -0.410. The Labute approximate surface area is 99.2 Å². The second kappa shape index (κ2) is 5.61. The standard InChI is InChI=1S/C12H16BrNO/c13-8-12-6-5-11(15-12)4-3-10-2-1-7-14-9-10/h1-2,7,9,11-12H,3-6,8H2. The van der Waals surface area contributed by atoms with Crippen molar-refractivity contribution in [3.63, 3.8) is 0 Å². The van der Waals surface area contributed by atoms with Gasteiger partial charge in [-0.1, -0.05) is 22.0 Å². The molecule has 0 saturated carbocycles. The minimum Gasteiger partial charge on any atom is -0.374 e. The topological polar surface area (TPSA) is 22.1 Å². The first kappa shape index (κ1) is 11.1. The lowest BCUT2D eigenvalue weighted by Gasteiger charge is -2.11. The summed E-state index contributed by atoms with van der Waals surface area (Å²) in [5.41, 5.74) is 1.31. The largest absolute Gasteiger partial charge is 0.374 e. The molecule has 2 nitrogen and oxygen atoms in total. The third kappa shape index (κ3) is 3.28. The van der Waals surface area contributed by atoms with Crippen molar-refractivity contribution in [2.45, 2.75) is 37.9 Å². The summed E-state index contributed by atoms with van der Waals surface area (Å²) in [5, 5.41) is 0.969. The molecule has 1 fully saturated rings. The molecule has 0 radical (unpaired) electrons. The Morgan fingerprint density at radius 2 is 2.27 bits per heavy atom. The number of aromatic nitrogens is 1. The molecule has 1 aliphatic heterocycles. The van der Waals surface area contributed by atoms with E-state index in [2.05, 4.69) is 27.0 Å². The molecule has 0 bridgehead atoms. The van der Waals surface area contributed by atoms with Crippen LogP contribution in [0, 0.1) is 0 Å². The number of halogens is 1. The van der Waals surface area contributed by atoms with Gasteiger partial charge in [0.15, 0.2) is 0 Å². The molecular formula is C12H16BrNO. The summed E-state index contributed by atoms with van der Waals surface area (Å²) in [6.07, 6.45) is 9.24. The average molecular weight is 270 g/mol. The first-order chi connectivity index (χ1) is 7.38. The first-order valence-electron chi connectivity index (χ1n) is 5.49. The van der Waals surface area contributed by atoms with Gasteiger partial charge in [0.25, 0.3) is 0 Å². The summed E-state index contributed by atoms with van der Waals surface area (Å²) in [5.74, 6) is 0. The molecule has 3 heteroatoms. The fraction of sp³-hybridized carbons (Fsp3) is 0.583. The summed E-state index contributed by atoms with van der Waals surface area (Å²) < 4.78 is 5.87. The zero-order valence-corrected chi connectivity index (χ0v) is 10.3. The van der Waals surface area contributed by atoms with Gasteiger partial charge in [0.2, 0.25) is 0 Å². The Kier molecular flexibility index (Phi) is 4.15. The smallest absolute Gasteiger partial charge is 0.0676 e. The number of hydrogen-bond donors (Lipinski definition) is 0. The van der Waals surface area contributed by atoms with Crippen LogP contribution in [-0.4, -0.2) is 22.5 Å². The van der Waals surface area contributed by atoms with E-state index in [1.807, 2.05) is 18.5 Å². The number of nitrogens with zero attached hydrogens (tertiary/aromatic N) is 1. The fourth-order valence-corrected chi connectivity index (χ4v) is 2.46. The summed E-state index contributed by atoms with van der Waals surface area (Å²) in [7, 11) is 0. The van der Waals surface area contributed by atoms with Crippen molar-refractivity contribution in [2.75, 3.05) is 5.33 Å². The number of hydrogen-bond acceptors (Lipinski definition) is 2. The highest BCUT2D eigenvalue weighted by Gasteiger charge is 2.23. The van der Waals surface area contributed by atoms with E-state index in [-0.39, 0.29) is 0 Å². The van der Waals surface area contributed by atoms with Crippen molar-refractivity contribution in [3.05, 3.63) is 30.1 Å². The van der Waals surface area contributed by atoms with Gasteiger partial charge < -0.3 is 4.74 Å². The highest BCUT2D eigenvalue weighted by Crippen LogP contribution is 2.24. The summed E-state index contributed by atoms with van der Waals surface area (Å²) in [4.78, 5) is 4.11. The van der Waals surface area contributed by atoms with Gasteiger partial charge in [0.1, 0.15) is 0 Å². The van der Waals surface area contributed by atoms with Crippen LogP contribution in [0.3, 0.4) is 0 Å². The van der Waals surface area contributed by atoms with Crippen LogP contribution >= 0.6 is 15.9 Å². The first-order valence-corrected chi connectivity index (χ1v) is 6.61. The highest BCUT2D eigenvalue weighted by molar-refractivity contribution is 9.09. The molecule has 82 valence electrons. The van der Waals surface area contributed by atoms with Gasteiger partial charge >= 0.3 is 0 Å². The third-order valence-corrected chi connectivity index (χ3v) is 3.57. The zero-order chi connectivity index (χ0) is 10.5. The van der Waals surface area contributed by atoms with Crippen LogP contribution in [0.5, 0.6) is 0 Å². The van der Waals surface area contributed by atoms with E-state index < -0.39 is 0 Å². The van der Waals surface area contributed by atoms with E-state index in [4.69, 9.17) is 4.74 Å². The van der Waals surface area contributed by atoms with Crippen molar-refractivity contribution < 1.29 is 4.74 Å². The zero-order valence-electron chi connectivity index (χ0n) is 8.73. The molecule has 2 unspecified atom stereocenters. The molecule has 15 heavy (non-hydrogen) atoms. The van der Waals surface area contributed by atoms with Crippen molar-refractivity contribution >= 4 is 15.9 Å². The number of pyridine rings is 1. The number of rotatable bonds is 4. The van der Waals surface area contributed by atoms with Crippen molar-refractivity contribution in [1.82, 2.24) is 4.98 Å². The van der Waals surface area contributed by atoms with Crippen LogP contribution < -0.4 is 0 Å². The van der Waals surface area contributed by atoms with Crippen LogP contribution in [0.2, 0.25) is 0 Å². The number of ether oxygens (including phenoxy) is 1. The van der Waals surface area contributed by atoms with Crippen LogP contribution in [0.1, 0.15) is 24.8 Å². The lowest BCUT2D eigenvalue weighted by molar-refractivity contribution is 0.0543. The summed E-state index contributed by atoms with van der Waals surface area (Å²) >= 11 is 3.46. The van der Waals surface area contributed by atoms with Crippen LogP contribution in [-0.2, 0) is 11.2 Å². The maximum absolute atomic E-state index is 5.87. The van der Waals surface area contributed by atoms with E-state index in [1.54, 1.807) is 0 Å². The van der Waals surface area contributed by atoms with E-state index in [1.165, 1.54) is 18.4 Å². The summed E-state index contributed by atoms with van der Waals surface area (Å²) in [6.45, 7) is 0. The average Bonchev–Trinajstić information content (AvgIpc) is 2.76. The molecule has 2 rings (SSSR count). The molecule has 0 spiro atoms. The predicted molar refractivity (Wildman–Crippen MR) is 64.2 cm³/mol. The molecule has 0 amide bonds. The molecule has 2 heterocycles. The molecule has 1 aromatic rings. The van der Waals surface area contributed by atoms with Crippen molar-refractivity contribution in [1.29, 1.82) is 0 Å². The molecule has 1 saturated heterocycles. The second-order valence-electron chi connectivity index (χ2n) is 4.01. The lowest BCUT2D eigenvalue weighted by Crippen LogP contribution is -2.12. The lowest BCUT2D eigenvalue weighted by atomic mass is 10.1. The molecular weight excluding hydrogens is 254 g/mol. The molecule has 0 N–H and O–H groups in total. The molecule has 2 atom stereocenters. The van der Waals surface area contributed by atoms with Gasteiger partial charge in [-0.15, -0.1) is 0 Å². The molecule has 1 aliphatic rings. The predicted octanol–water partition coefficient (Wildman–Crippen LogP) is 2.96. The van der Waals surface area contributed by atoms with E-state index in [0.29, 0.717) is 12.2 Å². The quantitative estimate of drug-likeness (QED) is 0.785. The Bertz CT molecular complexity index is 291. The van der Waals surface area contributed by atoms with Gasteiger partial charge in [0, 0.05) is 17.7 Å². The highest BCUT2D eigenvalue weighted by atomic mass is 79.9. The van der Waals surface area contributed by atoms with E-state index >= 15 is 0 Å². The molecule has 0 aliphatic carbocycles. The monoisotopic (exact) mass is 269 g/mol. The normalized spacial score (nSPS) is 25.7. The molecule has 0 aromatic carbocycles. The van der Waals surface area contributed by atoms with E-state index in [0.717, 1.165) is 18.2 Å². The fourth-order valence-electron chi connectivity index (χ4n) is 1.98. The van der Waals surface area contributed by atoms with Gasteiger partial charge in [-0.05, 0) is 37.3 Å². The van der Waals surface area contributed by atoms with Gasteiger partial charge in [-0.25, -0.2) is 0 Å². The summed E-state index contributed by atoms with van der Waals surface area (Å²) in [6, 6.07) is 4.12. The van der Waals surface area contributed by atoms with E-state index in [9.17, 15) is 0 Å². The number of alkyl halides is 1. The van der Waals surface area contributed by atoms with Gasteiger partial charge in [-0.2, -0.15) is 0 Å². The number of aryl methyl sites for hydroxylation is 1. The van der Waals surface area contributed by atoms with Crippen LogP contribution in [0.25, 0.3) is 0 Å². The van der Waals surface area contributed by atoms with Crippen LogP contribution in [0.4, 0.5) is 0 Å². The van der Waals surface area contributed by atoms with Crippen molar-refractivity contribution in [3.8, 4) is 0 Å². The second-order valence-corrected chi connectivity index (χ2v) is 4.66. The third-order valence-electron chi connectivity index (χ3n) is 2.85. The Balaban J connectivity index is 1.75. The minimum absolute atomic E-state index is 0.434. The SMILES string of the molecule is BrCC1CCC(CCc2cccnc2)O1. The van der Waals surface area contributed by atoms with Gasteiger partial charge in [0.05, 0.1) is 12.2 Å². The molecule has 1 aromatic heterocycles. The van der Waals surface area contributed by atoms with Gasteiger partial charge in [-0.3, -0.25) is 4.98 Å². The minimum atomic E-state index is 0.434. The maximum Gasteiger partial charge on any atom is 0.0676 e. The van der Waals surface area contributed by atoms with Crippen molar-refractivity contribution in [2.24, 2.45) is 0 Å². The Morgan fingerprint density at radius 1 is 1.40 bits per heavy atom. The maximum atomic E-state index is 5.87. The van der Waals surface area contributed by atoms with Crippen LogP contribution in [0.15, 0.2) is 24.5 Å². The Morgan fingerprint density at radius 3 is 2.93 bits per heavy atom.